The molecule has 2 atom stereocenters. The third kappa shape index (κ3) is 3.75. The Hall–Kier alpha value is -0.370. The van der Waals surface area contributed by atoms with E-state index in [0.29, 0.717) is 29.7 Å². The molecular formula is C14H18Cl2N2O3S. The van der Waals surface area contributed by atoms with Crippen LogP contribution in [0.25, 0.3) is 0 Å². The molecule has 22 heavy (non-hydrogen) atoms. The van der Waals surface area contributed by atoms with Gasteiger partial charge in [-0.15, -0.1) is 0 Å². The molecule has 2 fully saturated rings. The van der Waals surface area contributed by atoms with Gasteiger partial charge in [0.15, 0.2) is 0 Å². The lowest BCUT2D eigenvalue weighted by molar-refractivity contribution is 0.0493. The molecule has 0 aromatic heterocycles. The van der Waals surface area contributed by atoms with Crippen LogP contribution in [0.5, 0.6) is 0 Å². The standard InChI is InChI=1S/C14H18Cl2N2O3S/c15-11-4-1-9(7-12(11)16)14-13(8-17-5-6-21-14)18-22(19,20)10-2-3-10/h1,4,7,10,13-14,17-18H,2-3,5-6,8H2/t13-,14+/m1/s1. The van der Waals surface area contributed by atoms with Crippen molar-refractivity contribution in [2.75, 3.05) is 19.7 Å². The van der Waals surface area contributed by atoms with Crippen LogP contribution < -0.4 is 10.0 Å². The third-order valence-corrected chi connectivity index (χ3v) is 6.58. The van der Waals surface area contributed by atoms with E-state index >= 15 is 0 Å². The second-order valence-corrected chi connectivity index (χ2v) is 8.44. The minimum atomic E-state index is -3.29. The van der Waals surface area contributed by atoms with Gasteiger partial charge in [0, 0.05) is 13.1 Å². The number of hydrogen-bond donors (Lipinski definition) is 2. The molecule has 1 saturated heterocycles. The van der Waals surface area contributed by atoms with E-state index < -0.39 is 16.1 Å². The molecule has 1 aromatic rings. The highest BCUT2D eigenvalue weighted by molar-refractivity contribution is 7.90. The zero-order valence-corrected chi connectivity index (χ0v) is 14.2. The SMILES string of the molecule is O=S(=O)(N[C@@H]1CNCCO[C@H]1c1ccc(Cl)c(Cl)c1)C1CC1. The molecule has 2 aliphatic rings. The van der Waals surface area contributed by atoms with Gasteiger partial charge in [-0.3, -0.25) is 0 Å². The van der Waals surface area contributed by atoms with Gasteiger partial charge in [0.2, 0.25) is 10.0 Å². The largest absolute Gasteiger partial charge is 0.370 e. The topological polar surface area (TPSA) is 67.4 Å². The maximum atomic E-state index is 12.2. The average molecular weight is 365 g/mol. The molecule has 0 bridgehead atoms. The first-order chi connectivity index (χ1) is 10.5. The van der Waals surface area contributed by atoms with Gasteiger partial charge in [0.25, 0.3) is 0 Å². The first kappa shape index (κ1) is 16.5. The summed E-state index contributed by atoms with van der Waals surface area (Å²) in [5.74, 6) is 0. The predicted octanol–water partition coefficient (Wildman–Crippen LogP) is 2.10. The molecule has 1 aromatic carbocycles. The smallest absolute Gasteiger partial charge is 0.214 e. The summed E-state index contributed by atoms with van der Waals surface area (Å²) in [6, 6.07) is 4.89. The Morgan fingerprint density at radius 3 is 2.68 bits per heavy atom. The van der Waals surface area contributed by atoms with Crippen molar-refractivity contribution in [1.82, 2.24) is 10.0 Å². The minimum Gasteiger partial charge on any atom is -0.370 e. The Balaban J connectivity index is 1.85. The summed E-state index contributed by atoms with van der Waals surface area (Å²) in [5, 5.41) is 3.83. The first-order valence-corrected chi connectivity index (χ1v) is 9.56. The second-order valence-electron chi connectivity index (χ2n) is 5.64. The van der Waals surface area contributed by atoms with E-state index in [1.165, 1.54) is 0 Å². The number of sulfonamides is 1. The average Bonchev–Trinajstić information content (AvgIpc) is 3.29. The minimum absolute atomic E-state index is 0.259. The molecule has 0 unspecified atom stereocenters. The fourth-order valence-electron chi connectivity index (χ4n) is 2.55. The van der Waals surface area contributed by atoms with Gasteiger partial charge >= 0.3 is 0 Å². The lowest BCUT2D eigenvalue weighted by Gasteiger charge is -2.26. The van der Waals surface area contributed by atoms with Crippen molar-refractivity contribution in [3.63, 3.8) is 0 Å². The van der Waals surface area contributed by atoms with E-state index in [4.69, 9.17) is 27.9 Å². The predicted molar refractivity (Wildman–Crippen MR) is 86.9 cm³/mol. The molecule has 0 radical (unpaired) electrons. The molecule has 2 N–H and O–H groups in total. The first-order valence-electron chi connectivity index (χ1n) is 7.26. The van der Waals surface area contributed by atoms with E-state index in [1.807, 2.05) is 6.07 Å². The fourth-order valence-corrected chi connectivity index (χ4v) is 4.43. The Morgan fingerprint density at radius 2 is 2.00 bits per heavy atom. The van der Waals surface area contributed by atoms with Crippen molar-refractivity contribution in [3.05, 3.63) is 33.8 Å². The van der Waals surface area contributed by atoms with Crippen molar-refractivity contribution < 1.29 is 13.2 Å². The van der Waals surface area contributed by atoms with Crippen LogP contribution in [0.4, 0.5) is 0 Å². The highest BCUT2D eigenvalue weighted by Crippen LogP contribution is 2.32. The lowest BCUT2D eigenvalue weighted by atomic mass is 10.0. The third-order valence-electron chi connectivity index (χ3n) is 3.86. The van der Waals surface area contributed by atoms with Crippen LogP contribution in [0.15, 0.2) is 18.2 Å². The van der Waals surface area contributed by atoms with Crippen LogP contribution in [-0.2, 0) is 14.8 Å². The van der Waals surface area contributed by atoms with Crippen LogP contribution in [0.1, 0.15) is 24.5 Å². The van der Waals surface area contributed by atoms with Gasteiger partial charge in [0.1, 0.15) is 6.10 Å². The molecule has 1 saturated carbocycles. The van der Waals surface area contributed by atoms with E-state index in [1.54, 1.807) is 12.1 Å². The number of benzene rings is 1. The monoisotopic (exact) mass is 364 g/mol. The zero-order chi connectivity index (χ0) is 15.7. The van der Waals surface area contributed by atoms with Crippen LogP contribution in [-0.4, -0.2) is 39.4 Å². The molecule has 0 spiro atoms. The molecule has 8 heteroatoms. The van der Waals surface area contributed by atoms with E-state index in [2.05, 4.69) is 10.0 Å². The van der Waals surface area contributed by atoms with Crippen LogP contribution in [0, 0.1) is 0 Å². The Labute approximate surface area is 140 Å². The van der Waals surface area contributed by atoms with Crippen LogP contribution in [0.2, 0.25) is 10.0 Å². The molecular weight excluding hydrogens is 347 g/mol. The summed E-state index contributed by atoms with van der Waals surface area (Å²) in [7, 11) is -3.29. The number of hydrogen-bond acceptors (Lipinski definition) is 4. The fraction of sp³-hybridized carbons (Fsp3) is 0.571. The van der Waals surface area contributed by atoms with Crippen LogP contribution in [0.3, 0.4) is 0 Å². The van der Waals surface area contributed by atoms with Crippen molar-refractivity contribution >= 4 is 33.2 Å². The van der Waals surface area contributed by atoms with Crippen molar-refractivity contribution in [1.29, 1.82) is 0 Å². The van der Waals surface area contributed by atoms with Gasteiger partial charge in [-0.2, -0.15) is 0 Å². The summed E-state index contributed by atoms with van der Waals surface area (Å²) in [6.07, 6.45) is 1.07. The molecule has 3 rings (SSSR count). The maximum absolute atomic E-state index is 12.2. The summed E-state index contributed by atoms with van der Waals surface area (Å²) in [5.41, 5.74) is 0.821. The maximum Gasteiger partial charge on any atom is 0.214 e. The van der Waals surface area contributed by atoms with Gasteiger partial charge in [0.05, 0.1) is 27.9 Å². The number of halogens is 2. The molecule has 1 heterocycles. The molecule has 1 aliphatic carbocycles. The highest BCUT2D eigenvalue weighted by Gasteiger charge is 2.39. The van der Waals surface area contributed by atoms with Crippen molar-refractivity contribution in [3.8, 4) is 0 Å². The summed E-state index contributed by atoms with van der Waals surface area (Å²) in [6.45, 7) is 1.70. The normalized spacial score (nSPS) is 26.6. The Kier molecular flexibility index (Phi) is 4.97. The zero-order valence-electron chi connectivity index (χ0n) is 11.9. The van der Waals surface area contributed by atoms with E-state index in [-0.39, 0.29) is 11.3 Å². The second kappa shape index (κ2) is 6.63. The molecule has 0 amide bonds. The van der Waals surface area contributed by atoms with Crippen LogP contribution >= 0.6 is 23.2 Å². The van der Waals surface area contributed by atoms with Gasteiger partial charge in [-0.25, -0.2) is 13.1 Å². The lowest BCUT2D eigenvalue weighted by Crippen LogP contribution is -2.45. The van der Waals surface area contributed by atoms with Gasteiger partial charge in [-0.05, 0) is 30.5 Å². The van der Waals surface area contributed by atoms with E-state index in [0.717, 1.165) is 18.4 Å². The molecule has 1 aliphatic heterocycles. The number of rotatable bonds is 4. The quantitative estimate of drug-likeness (QED) is 0.858. The summed E-state index contributed by atoms with van der Waals surface area (Å²) in [4.78, 5) is 0. The number of nitrogens with one attached hydrogen (secondary N) is 2. The molecule has 122 valence electrons. The van der Waals surface area contributed by atoms with Crippen molar-refractivity contribution in [2.45, 2.75) is 30.2 Å². The molecule has 5 nitrogen and oxygen atoms in total. The van der Waals surface area contributed by atoms with E-state index in [9.17, 15) is 8.42 Å². The highest BCUT2D eigenvalue weighted by atomic mass is 35.5. The van der Waals surface area contributed by atoms with Gasteiger partial charge in [-0.1, -0.05) is 29.3 Å². The summed E-state index contributed by atoms with van der Waals surface area (Å²) < 4.78 is 33.1. The van der Waals surface area contributed by atoms with Gasteiger partial charge < -0.3 is 10.1 Å². The number of ether oxygens (including phenoxy) is 1. The summed E-state index contributed by atoms with van der Waals surface area (Å²) >= 11 is 12.0. The van der Waals surface area contributed by atoms with Crippen molar-refractivity contribution in [2.24, 2.45) is 0 Å². The Morgan fingerprint density at radius 1 is 1.23 bits per heavy atom. The Bertz CT molecular complexity index is 649.